The van der Waals surface area contributed by atoms with E-state index in [1.54, 1.807) is 0 Å². The fourth-order valence-corrected chi connectivity index (χ4v) is 2.72. The van der Waals surface area contributed by atoms with Gasteiger partial charge in [-0.2, -0.15) is 5.10 Å². The first-order chi connectivity index (χ1) is 9.99. The van der Waals surface area contributed by atoms with Gasteiger partial charge in [0.15, 0.2) is 0 Å². The molecule has 2 rings (SSSR count). The van der Waals surface area contributed by atoms with Crippen molar-refractivity contribution in [3.8, 4) is 0 Å². The molecule has 4 heteroatoms. The summed E-state index contributed by atoms with van der Waals surface area (Å²) in [7, 11) is 6.22. The van der Waals surface area contributed by atoms with Gasteiger partial charge >= 0.3 is 0 Å². The number of rotatable bonds is 6. The minimum atomic E-state index is 0.296. The van der Waals surface area contributed by atoms with Crippen molar-refractivity contribution in [1.29, 1.82) is 0 Å². The Labute approximate surface area is 127 Å². The molecule has 4 nitrogen and oxygen atoms in total. The van der Waals surface area contributed by atoms with Crippen LogP contribution in [-0.4, -0.2) is 35.3 Å². The van der Waals surface area contributed by atoms with Gasteiger partial charge in [-0.25, -0.2) is 0 Å². The van der Waals surface area contributed by atoms with Crippen LogP contribution in [0.25, 0.3) is 0 Å². The fourth-order valence-electron chi connectivity index (χ4n) is 2.72. The van der Waals surface area contributed by atoms with Gasteiger partial charge < -0.3 is 10.2 Å². The highest BCUT2D eigenvalue weighted by Gasteiger charge is 2.17. The lowest BCUT2D eigenvalue weighted by atomic mass is 10.0. The molecule has 0 bridgehead atoms. The zero-order valence-electron chi connectivity index (χ0n) is 13.7. The quantitative estimate of drug-likeness (QED) is 0.886. The molecule has 0 aliphatic rings. The first-order valence-corrected chi connectivity index (χ1v) is 7.44. The van der Waals surface area contributed by atoms with Crippen molar-refractivity contribution in [1.82, 2.24) is 20.0 Å². The van der Waals surface area contributed by atoms with Crippen LogP contribution >= 0.6 is 0 Å². The molecule has 1 N–H and O–H groups in total. The molecule has 1 aromatic carbocycles. The molecule has 2 unspecified atom stereocenters. The molecule has 0 aliphatic carbocycles. The maximum Gasteiger partial charge on any atom is 0.0641 e. The van der Waals surface area contributed by atoms with Crippen LogP contribution in [0.2, 0.25) is 0 Å². The molecule has 0 fully saturated rings. The van der Waals surface area contributed by atoms with Crippen molar-refractivity contribution in [2.75, 3.05) is 20.6 Å². The molecule has 2 aromatic rings. The predicted octanol–water partition coefficient (Wildman–Crippen LogP) is 2.68. The zero-order chi connectivity index (χ0) is 15.4. The average Bonchev–Trinajstić information content (AvgIpc) is 2.78. The van der Waals surface area contributed by atoms with Crippen LogP contribution < -0.4 is 5.32 Å². The van der Waals surface area contributed by atoms with E-state index in [2.05, 4.69) is 79.8 Å². The van der Waals surface area contributed by atoms with Gasteiger partial charge in [0, 0.05) is 37.4 Å². The van der Waals surface area contributed by atoms with E-state index in [0.717, 1.165) is 12.2 Å². The Balaban J connectivity index is 2.04. The molecular weight excluding hydrogens is 260 g/mol. The Morgan fingerprint density at radius 3 is 2.43 bits per heavy atom. The van der Waals surface area contributed by atoms with Crippen LogP contribution in [0.1, 0.15) is 35.8 Å². The topological polar surface area (TPSA) is 33.1 Å². The minimum Gasteiger partial charge on any atom is -0.308 e. The Hall–Kier alpha value is -1.65. The number of hydrogen-bond donors (Lipinski definition) is 1. The Kier molecular flexibility index (Phi) is 5.15. The average molecular weight is 286 g/mol. The van der Waals surface area contributed by atoms with Gasteiger partial charge in [0.1, 0.15) is 0 Å². The standard InChI is InChI=1S/C17H26N4/c1-13(16-12-21(5)19-14(16)2)18-11-17(20(3)4)15-9-7-6-8-10-15/h6-10,12-13,17-18H,11H2,1-5H3. The smallest absolute Gasteiger partial charge is 0.0641 e. The van der Waals surface area contributed by atoms with Crippen molar-refractivity contribution < 1.29 is 0 Å². The van der Waals surface area contributed by atoms with Crippen molar-refractivity contribution in [2.45, 2.75) is 25.9 Å². The summed E-state index contributed by atoms with van der Waals surface area (Å²) in [4.78, 5) is 2.26. The number of hydrogen-bond acceptors (Lipinski definition) is 3. The second-order valence-electron chi connectivity index (χ2n) is 5.86. The fraction of sp³-hybridized carbons (Fsp3) is 0.471. The summed E-state index contributed by atoms with van der Waals surface area (Å²) < 4.78 is 1.88. The van der Waals surface area contributed by atoms with E-state index in [9.17, 15) is 0 Å². The lowest BCUT2D eigenvalue weighted by molar-refractivity contribution is 0.281. The van der Waals surface area contributed by atoms with Crippen LogP contribution in [-0.2, 0) is 7.05 Å². The lowest BCUT2D eigenvalue weighted by Crippen LogP contribution is -2.32. The van der Waals surface area contributed by atoms with Crippen molar-refractivity contribution in [3.63, 3.8) is 0 Å². The Morgan fingerprint density at radius 2 is 1.90 bits per heavy atom. The van der Waals surface area contributed by atoms with Gasteiger partial charge in [-0.1, -0.05) is 30.3 Å². The van der Waals surface area contributed by atoms with E-state index >= 15 is 0 Å². The second kappa shape index (κ2) is 6.87. The summed E-state index contributed by atoms with van der Waals surface area (Å²) in [5.74, 6) is 0. The summed E-state index contributed by atoms with van der Waals surface area (Å²) in [5.41, 5.74) is 3.70. The summed E-state index contributed by atoms with van der Waals surface area (Å²) in [5, 5.41) is 8.06. The summed E-state index contributed by atoms with van der Waals surface area (Å²) in [6.45, 7) is 5.17. The van der Waals surface area contributed by atoms with Gasteiger partial charge in [-0.15, -0.1) is 0 Å². The monoisotopic (exact) mass is 286 g/mol. The number of likely N-dealkylation sites (N-methyl/N-ethyl adjacent to an activating group) is 1. The molecule has 0 amide bonds. The molecule has 1 heterocycles. The highest BCUT2D eigenvalue weighted by atomic mass is 15.3. The minimum absolute atomic E-state index is 0.296. The van der Waals surface area contributed by atoms with Crippen LogP contribution in [0.4, 0.5) is 0 Å². The Bertz CT molecular complexity index is 559. The molecule has 0 radical (unpaired) electrons. The Morgan fingerprint density at radius 1 is 1.24 bits per heavy atom. The third kappa shape index (κ3) is 3.93. The van der Waals surface area contributed by atoms with Crippen LogP contribution in [0.5, 0.6) is 0 Å². The molecule has 2 atom stereocenters. The normalized spacial score (nSPS) is 14.4. The third-order valence-electron chi connectivity index (χ3n) is 3.94. The molecule has 21 heavy (non-hydrogen) atoms. The number of benzene rings is 1. The van der Waals surface area contributed by atoms with Crippen molar-refractivity contribution in [3.05, 3.63) is 53.3 Å². The molecule has 0 aliphatic heterocycles. The molecule has 0 saturated heterocycles. The second-order valence-corrected chi connectivity index (χ2v) is 5.86. The van der Waals surface area contributed by atoms with E-state index in [0.29, 0.717) is 12.1 Å². The van der Waals surface area contributed by atoms with E-state index in [4.69, 9.17) is 0 Å². The number of nitrogens with zero attached hydrogens (tertiary/aromatic N) is 3. The van der Waals surface area contributed by atoms with Gasteiger partial charge in [-0.3, -0.25) is 4.68 Å². The summed E-state index contributed by atoms with van der Waals surface area (Å²) >= 11 is 0. The highest BCUT2D eigenvalue weighted by Crippen LogP contribution is 2.20. The number of nitrogens with one attached hydrogen (secondary N) is 1. The van der Waals surface area contributed by atoms with Gasteiger partial charge in [0.05, 0.1) is 5.69 Å². The first kappa shape index (κ1) is 15.7. The van der Waals surface area contributed by atoms with E-state index in [1.807, 2.05) is 11.7 Å². The van der Waals surface area contributed by atoms with Crippen molar-refractivity contribution >= 4 is 0 Å². The predicted molar refractivity (Wildman–Crippen MR) is 87.2 cm³/mol. The maximum atomic E-state index is 4.42. The first-order valence-electron chi connectivity index (χ1n) is 7.44. The van der Waals surface area contributed by atoms with Crippen LogP contribution in [0.15, 0.2) is 36.5 Å². The molecule has 0 spiro atoms. The van der Waals surface area contributed by atoms with E-state index in [1.165, 1.54) is 11.1 Å². The zero-order valence-corrected chi connectivity index (χ0v) is 13.7. The summed E-state index contributed by atoms with van der Waals surface area (Å²) in [6, 6.07) is 11.3. The maximum absolute atomic E-state index is 4.42. The van der Waals surface area contributed by atoms with Gasteiger partial charge in [0.25, 0.3) is 0 Å². The number of aryl methyl sites for hydroxylation is 2. The van der Waals surface area contributed by atoms with Crippen LogP contribution in [0, 0.1) is 6.92 Å². The third-order valence-corrected chi connectivity index (χ3v) is 3.94. The number of aromatic nitrogens is 2. The molecular formula is C17H26N4. The van der Waals surface area contributed by atoms with Crippen LogP contribution in [0.3, 0.4) is 0 Å². The van der Waals surface area contributed by atoms with E-state index < -0.39 is 0 Å². The molecule has 0 saturated carbocycles. The largest absolute Gasteiger partial charge is 0.308 e. The molecule has 1 aromatic heterocycles. The lowest BCUT2D eigenvalue weighted by Gasteiger charge is -2.27. The van der Waals surface area contributed by atoms with Gasteiger partial charge in [0.2, 0.25) is 0 Å². The van der Waals surface area contributed by atoms with Crippen molar-refractivity contribution in [2.24, 2.45) is 7.05 Å². The van der Waals surface area contributed by atoms with E-state index in [-0.39, 0.29) is 0 Å². The molecule has 114 valence electrons. The summed E-state index contributed by atoms with van der Waals surface area (Å²) in [6.07, 6.45) is 2.10. The SMILES string of the molecule is Cc1nn(C)cc1C(C)NCC(c1ccccc1)N(C)C. The van der Waals surface area contributed by atoms with Gasteiger partial charge in [-0.05, 0) is 33.5 Å². The highest BCUT2D eigenvalue weighted by molar-refractivity contribution is 5.21.